The van der Waals surface area contributed by atoms with Crippen LogP contribution in [0.3, 0.4) is 0 Å². The molecular formula is C16H18N6O. The average molecular weight is 310 g/mol. The second kappa shape index (κ2) is 5.12. The summed E-state index contributed by atoms with van der Waals surface area (Å²) in [7, 11) is 0. The second-order valence-corrected chi connectivity index (χ2v) is 5.97. The number of carbonyl (C=O) groups is 1. The van der Waals surface area contributed by atoms with Gasteiger partial charge in [0.25, 0.3) is 0 Å². The zero-order valence-electron chi connectivity index (χ0n) is 12.6. The summed E-state index contributed by atoms with van der Waals surface area (Å²) >= 11 is 0. The van der Waals surface area contributed by atoms with E-state index in [0.29, 0.717) is 12.8 Å². The molecule has 1 aromatic carbocycles. The summed E-state index contributed by atoms with van der Waals surface area (Å²) in [4.78, 5) is 22.9. The maximum atomic E-state index is 12.6. The maximum absolute atomic E-state index is 12.6. The Morgan fingerprint density at radius 1 is 1.13 bits per heavy atom. The van der Waals surface area contributed by atoms with Gasteiger partial charge in [0, 0.05) is 19.3 Å². The van der Waals surface area contributed by atoms with Crippen LogP contribution in [0.5, 0.6) is 0 Å². The molecule has 0 saturated carbocycles. The molecule has 7 heteroatoms. The van der Waals surface area contributed by atoms with Gasteiger partial charge < -0.3 is 21.3 Å². The van der Waals surface area contributed by atoms with Crippen LogP contribution in [0.2, 0.25) is 0 Å². The number of nitrogens with two attached hydrogens (primary N) is 1. The number of anilines is 4. The van der Waals surface area contributed by atoms with Crippen molar-refractivity contribution < 1.29 is 4.79 Å². The fourth-order valence-corrected chi connectivity index (χ4v) is 3.27. The molecule has 0 aliphatic carbocycles. The van der Waals surface area contributed by atoms with Gasteiger partial charge in [0.15, 0.2) is 0 Å². The number of para-hydroxylation sites is 2. The van der Waals surface area contributed by atoms with Crippen molar-refractivity contribution in [2.75, 3.05) is 34.4 Å². The fourth-order valence-electron chi connectivity index (χ4n) is 3.27. The van der Waals surface area contributed by atoms with Gasteiger partial charge in [-0.3, -0.25) is 4.79 Å². The first-order valence-corrected chi connectivity index (χ1v) is 7.68. The predicted molar refractivity (Wildman–Crippen MR) is 89.3 cm³/mol. The minimum absolute atomic E-state index is 0.0399. The van der Waals surface area contributed by atoms with E-state index in [4.69, 9.17) is 5.73 Å². The van der Waals surface area contributed by atoms with Crippen LogP contribution in [0, 0.1) is 0 Å². The van der Waals surface area contributed by atoms with Crippen molar-refractivity contribution in [1.29, 1.82) is 0 Å². The Morgan fingerprint density at radius 3 is 2.61 bits per heavy atom. The molecule has 1 fully saturated rings. The highest BCUT2D eigenvalue weighted by Gasteiger charge is 2.44. The van der Waals surface area contributed by atoms with Crippen LogP contribution in [-0.2, 0) is 4.79 Å². The van der Waals surface area contributed by atoms with Gasteiger partial charge in [-0.25, -0.2) is 4.98 Å². The number of rotatable bonds is 1. The minimum Gasteiger partial charge on any atom is -0.369 e. The molecule has 2 aliphatic rings. The van der Waals surface area contributed by atoms with Crippen LogP contribution in [0.1, 0.15) is 12.8 Å². The molecule has 1 aromatic heterocycles. The summed E-state index contributed by atoms with van der Waals surface area (Å²) in [6, 6.07) is 9.63. The summed E-state index contributed by atoms with van der Waals surface area (Å²) in [6.45, 7) is 1.47. The van der Waals surface area contributed by atoms with Crippen molar-refractivity contribution in [3.63, 3.8) is 0 Å². The van der Waals surface area contributed by atoms with Crippen molar-refractivity contribution >= 4 is 29.0 Å². The average Bonchev–Trinajstić information content (AvgIpc) is 2.57. The molecule has 0 unspecified atom stereocenters. The van der Waals surface area contributed by atoms with Gasteiger partial charge in [-0.1, -0.05) is 12.1 Å². The highest BCUT2D eigenvalue weighted by molar-refractivity contribution is 6.06. The van der Waals surface area contributed by atoms with E-state index in [-0.39, 0.29) is 11.9 Å². The number of hydrogen-bond donors (Lipinski definition) is 3. The third-order valence-corrected chi connectivity index (χ3v) is 4.58. The Labute approximate surface area is 133 Å². The largest absolute Gasteiger partial charge is 0.369 e. The molecule has 3 heterocycles. The zero-order chi connectivity index (χ0) is 15.9. The van der Waals surface area contributed by atoms with E-state index in [1.807, 2.05) is 30.3 Å². The molecule has 2 aromatic rings. The molecule has 1 amide bonds. The van der Waals surface area contributed by atoms with Crippen molar-refractivity contribution in [1.82, 2.24) is 9.97 Å². The summed E-state index contributed by atoms with van der Waals surface area (Å²) < 4.78 is 0. The van der Waals surface area contributed by atoms with Crippen LogP contribution in [-0.4, -0.2) is 34.5 Å². The number of benzene rings is 1. The lowest BCUT2D eigenvalue weighted by Crippen LogP contribution is -2.58. The van der Waals surface area contributed by atoms with E-state index in [2.05, 4.69) is 25.5 Å². The molecule has 1 spiro atoms. The molecule has 7 nitrogen and oxygen atoms in total. The van der Waals surface area contributed by atoms with Gasteiger partial charge in [-0.2, -0.15) is 4.98 Å². The molecule has 23 heavy (non-hydrogen) atoms. The first-order chi connectivity index (χ1) is 11.2. The Hall–Kier alpha value is -2.83. The van der Waals surface area contributed by atoms with Gasteiger partial charge in [0.2, 0.25) is 11.9 Å². The quantitative estimate of drug-likeness (QED) is 0.738. The third kappa shape index (κ3) is 2.34. The van der Waals surface area contributed by atoms with Gasteiger partial charge in [-0.15, -0.1) is 0 Å². The normalized spacial score (nSPS) is 19.0. The smallest absolute Gasteiger partial charge is 0.250 e. The van der Waals surface area contributed by atoms with Crippen molar-refractivity contribution in [3.05, 3.63) is 36.5 Å². The number of piperidine rings is 1. The molecule has 0 atom stereocenters. The minimum atomic E-state index is -0.552. The van der Waals surface area contributed by atoms with E-state index >= 15 is 0 Å². The van der Waals surface area contributed by atoms with E-state index in [1.54, 1.807) is 6.20 Å². The maximum Gasteiger partial charge on any atom is 0.250 e. The highest BCUT2D eigenvalue weighted by Crippen LogP contribution is 2.36. The van der Waals surface area contributed by atoms with Crippen molar-refractivity contribution in [2.45, 2.75) is 18.4 Å². The number of nitrogen functional groups attached to an aromatic ring is 1. The number of amides is 1. The topological polar surface area (TPSA) is 96.2 Å². The first kappa shape index (κ1) is 13.8. The second-order valence-electron chi connectivity index (χ2n) is 5.97. The highest BCUT2D eigenvalue weighted by atomic mass is 16.2. The van der Waals surface area contributed by atoms with E-state index in [0.717, 1.165) is 30.3 Å². The summed E-state index contributed by atoms with van der Waals surface area (Å²) in [6.07, 6.45) is 3.07. The number of nitrogens with zero attached hydrogens (tertiary/aromatic N) is 3. The van der Waals surface area contributed by atoms with Crippen molar-refractivity contribution in [2.24, 2.45) is 0 Å². The van der Waals surface area contributed by atoms with Crippen LogP contribution in [0.25, 0.3) is 0 Å². The predicted octanol–water partition coefficient (Wildman–Crippen LogP) is 1.46. The van der Waals surface area contributed by atoms with Gasteiger partial charge in [0.1, 0.15) is 11.4 Å². The lowest BCUT2D eigenvalue weighted by atomic mass is 9.84. The van der Waals surface area contributed by atoms with Gasteiger partial charge in [-0.05, 0) is 31.0 Å². The molecule has 4 N–H and O–H groups in total. The van der Waals surface area contributed by atoms with Crippen LogP contribution in [0.15, 0.2) is 36.5 Å². The Kier molecular flexibility index (Phi) is 3.07. The fraction of sp³-hybridized carbons (Fsp3) is 0.312. The number of hydrogen-bond acceptors (Lipinski definition) is 6. The van der Waals surface area contributed by atoms with Crippen LogP contribution >= 0.6 is 0 Å². The van der Waals surface area contributed by atoms with Gasteiger partial charge >= 0.3 is 0 Å². The molecule has 0 bridgehead atoms. The molecular weight excluding hydrogens is 292 g/mol. The first-order valence-electron chi connectivity index (χ1n) is 7.68. The lowest BCUT2D eigenvalue weighted by molar-refractivity contribution is -0.121. The summed E-state index contributed by atoms with van der Waals surface area (Å²) in [5.41, 5.74) is 6.92. The number of carbonyl (C=O) groups excluding carboxylic acids is 1. The van der Waals surface area contributed by atoms with E-state index < -0.39 is 5.54 Å². The molecule has 4 rings (SSSR count). The molecule has 118 valence electrons. The third-order valence-electron chi connectivity index (χ3n) is 4.58. The monoisotopic (exact) mass is 310 g/mol. The van der Waals surface area contributed by atoms with E-state index in [1.165, 1.54) is 0 Å². The summed E-state index contributed by atoms with van der Waals surface area (Å²) in [5.74, 6) is 1.12. The lowest BCUT2D eigenvalue weighted by Gasteiger charge is -2.44. The van der Waals surface area contributed by atoms with Crippen LogP contribution < -0.4 is 21.3 Å². The Bertz CT molecular complexity index is 754. The molecule has 0 radical (unpaired) electrons. The SMILES string of the molecule is Nc1nccc(N2CCC3(CC2)Nc2ccccc2NC3=O)n1. The van der Waals surface area contributed by atoms with E-state index in [9.17, 15) is 4.79 Å². The Morgan fingerprint density at radius 2 is 1.87 bits per heavy atom. The Balaban J connectivity index is 1.54. The standard InChI is InChI=1S/C16H18N6O/c17-15-18-8-5-13(20-15)22-9-6-16(7-10-22)14(23)19-11-3-1-2-4-12(11)21-16/h1-5,8,21H,6-7,9-10H2,(H,19,23)(H2,17,18,20). The zero-order valence-corrected chi connectivity index (χ0v) is 12.6. The van der Waals surface area contributed by atoms with Gasteiger partial charge in [0.05, 0.1) is 11.4 Å². The van der Waals surface area contributed by atoms with Crippen LogP contribution in [0.4, 0.5) is 23.1 Å². The number of aromatic nitrogens is 2. The number of fused-ring (bicyclic) bond motifs is 1. The molecule has 2 aliphatic heterocycles. The molecule has 1 saturated heterocycles. The van der Waals surface area contributed by atoms with Crippen molar-refractivity contribution in [3.8, 4) is 0 Å². The number of nitrogens with one attached hydrogen (secondary N) is 2. The summed E-state index contributed by atoms with van der Waals surface area (Å²) in [5, 5.41) is 6.47.